The molecular formula is C23H27ClN2O4. The van der Waals surface area contributed by atoms with Crippen LogP contribution in [0.5, 0.6) is 17.4 Å². The Hall–Kier alpha value is -2.47. The molecule has 0 unspecified atom stereocenters. The van der Waals surface area contributed by atoms with Gasteiger partial charge in [-0.25, -0.2) is 4.98 Å². The summed E-state index contributed by atoms with van der Waals surface area (Å²) < 4.78 is 17.7. The highest BCUT2D eigenvalue weighted by atomic mass is 35.5. The molecule has 1 aliphatic heterocycles. The van der Waals surface area contributed by atoms with Crippen molar-refractivity contribution in [2.75, 3.05) is 6.61 Å². The number of rotatable bonds is 6. The number of nitrogens with one attached hydrogen (secondary N) is 1. The molecule has 2 aliphatic rings. The van der Waals surface area contributed by atoms with Crippen molar-refractivity contribution >= 4 is 17.5 Å². The number of nitrogens with zero attached hydrogens (tertiary/aromatic N) is 1. The van der Waals surface area contributed by atoms with Crippen LogP contribution in [0.15, 0.2) is 36.5 Å². The molecule has 1 aromatic heterocycles. The molecule has 1 aliphatic carbocycles. The number of aromatic nitrogens is 1. The van der Waals surface area contributed by atoms with Crippen LogP contribution in [0.25, 0.3) is 0 Å². The summed E-state index contributed by atoms with van der Waals surface area (Å²) in [5, 5.41) is 3.66. The van der Waals surface area contributed by atoms with Crippen molar-refractivity contribution in [3.63, 3.8) is 0 Å². The van der Waals surface area contributed by atoms with E-state index in [4.69, 9.17) is 25.8 Å². The predicted molar refractivity (Wildman–Crippen MR) is 114 cm³/mol. The fourth-order valence-electron chi connectivity index (χ4n) is 4.04. The van der Waals surface area contributed by atoms with Gasteiger partial charge in [-0.2, -0.15) is 0 Å². The van der Waals surface area contributed by atoms with Gasteiger partial charge in [-0.3, -0.25) is 4.79 Å². The van der Waals surface area contributed by atoms with E-state index in [0.717, 1.165) is 43.4 Å². The van der Waals surface area contributed by atoms with E-state index in [2.05, 4.69) is 10.3 Å². The summed E-state index contributed by atoms with van der Waals surface area (Å²) in [6.45, 7) is 4.07. The van der Waals surface area contributed by atoms with Crippen molar-refractivity contribution < 1.29 is 19.0 Å². The molecule has 1 aromatic carbocycles. The van der Waals surface area contributed by atoms with E-state index in [1.165, 1.54) is 0 Å². The lowest BCUT2D eigenvalue weighted by Crippen LogP contribution is -2.41. The Labute approximate surface area is 181 Å². The minimum absolute atomic E-state index is 0.0225. The van der Waals surface area contributed by atoms with Gasteiger partial charge in [-0.1, -0.05) is 23.7 Å². The van der Waals surface area contributed by atoms with Crippen LogP contribution in [0.1, 0.15) is 45.1 Å². The summed E-state index contributed by atoms with van der Waals surface area (Å²) in [5.41, 5.74) is 0.873. The van der Waals surface area contributed by atoms with Crippen molar-refractivity contribution in [3.05, 3.63) is 47.1 Å². The summed E-state index contributed by atoms with van der Waals surface area (Å²) in [6.07, 6.45) is 5.98. The van der Waals surface area contributed by atoms with Crippen LogP contribution in [-0.2, 0) is 11.2 Å². The zero-order valence-corrected chi connectivity index (χ0v) is 18.1. The average molecular weight is 431 g/mol. The number of halogens is 1. The van der Waals surface area contributed by atoms with E-state index in [1.807, 2.05) is 32.0 Å². The minimum atomic E-state index is -0.244. The van der Waals surface area contributed by atoms with Crippen LogP contribution >= 0.6 is 11.6 Å². The fraction of sp³-hybridized carbons (Fsp3) is 0.478. The Bertz CT molecular complexity index is 893. The maximum atomic E-state index is 12.4. The van der Waals surface area contributed by atoms with Crippen molar-refractivity contribution in [2.45, 2.75) is 63.7 Å². The first-order valence-corrected chi connectivity index (χ1v) is 10.8. The highest BCUT2D eigenvalue weighted by Crippen LogP contribution is 2.41. The second kappa shape index (κ2) is 8.72. The van der Waals surface area contributed by atoms with E-state index < -0.39 is 0 Å². The molecular weight excluding hydrogens is 404 g/mol. The summed E-state index contributed by atoms with van der Waals surface area (Å²) in [4.78, 5) is 16.6. The monoisotopic (exact) mass is 430 g/mol. The van der Waals surface area contributed by atoms with Gasteiger partial charge >= 0.3 is 0 Å². The number of pyridine rings is 1. The quantitative estimate of drug-likeness (QED) is 0.738. The minimum Gasteiger partial charge on any atom is -0.483 e. The van der Waals surface area contributed by atoms with Gasteiger partial charge in [0.1, 0.15) is 11.7 Å². The molecule has 1 saturated carbocycles. The van der Waals surface area contributed by atoms with Gasteiger partial charge in [0.2, 0.25) is 5.88 Å². The van der Waals surface area contributed by atoms with Crippen LogP contribution in [0, 0.1) is 0 Å². The number of hydrogen-bond donors (Lipinski definition) is 1. The van der Waals surface area contributed by atoms with Crippen LogP contribution in [-0.4, -0.2) is 35.2 Å². The van der Waals surface area contributed by atoms with Gasteiger partial charge in [-0.15, -0.1) is 0 Å². The summed E-state index contributed by atoms with van der Waals surface area (Å²) in [7, 11) is 0. The summed E-state index contributed by atoms with van der Waals surface area (Å²) in [5.74, 6) is 1.85. The first kappa shape index (κ1) is 20.8. The molecule has 1 amide bonds. The van der Waals surface area contributed by atoms with Gasteiger partial charge in [0.15, 0.2) is 18.1 Å². The van der Waals surface area contributed by atoms with Crippen LogP contribution in [0.2, 0.25) is 5.02 Å². The molecule has 0 bridgehead atoms. The van der Waals surface area contributed by atoms with Gasteiger partial charge in [-0.05, 0) is 51.7 Å². The maximum Gasteiger partial charge on any atom is 0.258 e. The highest BCUT2D eigenvalue weighted by Gasteiger charge is 2.32. The number of carbonyl (C=O) groups excluding carboxylic acids is 1. The van der Waals surface area contributed by atoms with Crippen LogP contribution in [0.4, 0.5) is 0 Å². The van der Waals surface area contributed by atoms with Crippen molar-refractivity contribution in [3.8, 4) is 17.4 Å². The number of hydrogen-bond acceptors (Lipinski definition) is 5. The van der Waals surface area contributed by atoms with E-state index in [-0.39, 0.29) is 30.3 Å². The third kappa shape index (κ3) is 5.17. The smallest absolute Gasteiger partial charge is 0.258 e. The molecule has 160 valence electrons. The van der Waals surface area contributed by atoms with Gasteiger partial charge in [0.05, 0.1) is 5.02 Å². The first-order valence-electron chi connectivity index (χ1n) is 10.4. The molecule has 2 heterocycles. The Balaban J connectivity index is 1.22. The zero-order valence-electron chi connectivity index (χ0n) is 17.3. The van der Waals surface area contributed by atoms with E-state index in [0.29, 0.717) is 16.7 Å². The number of ether oxygens (including phenoxy) is 3. The van der Waals surface area contributed by atoms with Crippen molar-refractivity contribution in [1.29, 1.82) is 0 Å². The Morgan fingerprint density at radius 3 is 2.77 bits per heavy atom. The number of para-hydroxylation sites is 1. The molecule has 0 spiro atoms. The molecule has 1 fully saturated rings. The van der Waals surface area contributed by atoms with E-state index in [1.54, 1.807) is 18.3 Å². The normalized spacial score (nSPS) is 22.0. The number of benzene rings is 1. The van der Waals surface area contributed by atoms with Crippen molar-refractivity contribution in [2.24, 2.45) is 0 Å². The highest BCUT2D eigenvalue weighted by molar-refractivity contribution is 6.30. The largest absolute Gasteiger partial charge is 0.483 e. The first-order chi connectivity index (χ1) is 14.4. The molecule has 0 radical (unpaired) electrons. The Morgan fingerprint density at radius 2 is 2.03 bits per heavy atom. The summed E-state index contributed by atoms with van der Waals surface area (Å²) in [6, 6.07) is 9.50. The summed E-state index contributed by atoms with van der Waals surface area (Å²) >= 11 is 5.85. The lowest BCUT2D eigenvalue weighted by Gasteiger charge is -2.29. The lowest BCUT2D eigenvalue weighted by molar-refractivity contribution is -0.124. The predicted octanol–water partition coefficient (Wildman–Crippen LogP) is 4.33. The molecule has 0 saturated heterocycles. The Kier molecular flexibility index (Phi) is 6.04. The van der Waals surface area contributed by atoms with Gasteiger partial charge < -0.3 is 19.5 Å². The number of carbonyl (C=O) groups is 1. The van der Waals surface area contributed by atoms with Crippen LogP contribution < -0.4 is 19.5 Å². The topological polar surface area (TPSA) is 69.7 Å². The standard InChI is InChI=1S/C23H27ClN2O4/c1-23(2)12-15-4-3-5-19(22(15)30-23)28-14-20(27)26-17-7-9-18(10-8-17)29-21-11-6-16(24)13-25-21/h3-6,11,13,17-18H,7-10,12,14H2,1-2H3,(H,26,27). The second-order valence-electron chi connectivity index (χ2n) is 8.55. The molecule has 4 rings (SSSR count). The van der Waals surface area contributed by atoms with Gasteiger partial charge in [0, 0.05) is 30.3 Å². The lowest BCUT2D eigenvalue weighted by atomic mass is 9.93. The number of fused-ring (bicyclic) bond motifs is 1. The second-order valence-corrected chi connectivity index (χ2v) is 8.98. The third-order valence-corrected chi connectivity index (χ3v) is 5.66. The van der Waals surface area contributed by atoms with E-state index >= 15 is 0 Å². The van der Waals surface area contributed by atoms with Crippen molar-refractivity contribution in [1.82, 2.24) is 10.3 Å². The zero-order chi connectivity index (χ0) is 21.1. The molecule has 7 heteroatoms. The van der Waals surface area contributed by atoms with Gasteiger partial charge in [0.25, 0.3) is 5.91 Å². The SMILES string of the molecule is CC1(C)Cc2cccc(OCC(=O)NC3CCC(Oc4ccc(Cl)cn4)CC3)c2O1. The van der Waals surface area contributed by atoms with Crippen LogP contribution in [0.3, 0.4) is 0 Å². The molecule has 6 nitrogen and oxygen atoms in total. The maximum absolute atomic E-state index is 12.4. The molecule has 2 aromatic rings. The molecule has 1 N–H and O–H groups in total. The third-order valence-electron chi connectivity index (χ3n) is 5.44. The molecule has 30 heavy (non-hydrogen) atoms. The molecule has 0 atom stereocenters. The fourth-order valence-corrected chi connectivity index (χ4v) is 4.15. The Morgan fingerprint density at radius 1 is 1.23 bits per heavy atom. The number of amides is 1. The average Bonchev–Trinajstić information content (AvgIpc) is 3.04. The van der Waals surface area contributed by atoms with E-state index in [9.17, 15) is 4.79 Å².